The molecule has 0 saturated carbocycles. The van der Waals surface area contributed by atoms with Crippen molar-refractivity contribution in [1.82, 2.24) is 4.98 Å². The summed E-state index contributed by atoms with van der Waals surface area (Å²) in [5.74, 6) is 1.71. The van der Waals surface area contributed by atoms with Gasteiger partial charge >= 0.3 is 0 Å². The summed E-state index contributed by atoms with van der Waals surface area (Å²) < 4.78 is 6.63. The Morgan fingerprint density at radius 1 is 1.25 bits per heavy atom. The molecule has 80 valence electrons. The quantitative estimate of drug-likeness (QED) is 0.651. The molecule has 2 heterocycles. The van der Waals surface area contributed by atoms with Crippen molar-refractivity contribution in [1.29, 1.82) is 0 Å². The van der Waals surface area contributed by atoms with Crippen LogP contribution in [0.15, 0.2) is 34.7 Å². The third-order valence-electron chi connectivity index (χ3n) is 2.36. The summed E-state index contributed by atoms with van der Waals surface area (Å²) >= 11 is 1.59. The van der Waals surface area contributed by atoms with Crippen LogP contribution in [0.5, 0.6) is 0 Å². The van der Waals surface area contributed by atoms with Gasteiger partial charge in [0.2, 0.25) is 0 Å². The predicted molar refractivity (Wildman–Crippen MR) is 66.5 cm³/mol. The maximum Gasteiger partial charge on any atom is 0.162 e. The lowest BCUT2D eigenvalue weighted by Gasteiger charge is -1.89. The topological polar surface area (TPSA) is 52.0 Å². The molecule has 0 aliphatic heterocycles. The van der Waals surface area contributed by atoms with Crippen molar-refractivity contribution in [3.63, 3.8) is 0 Å². The van der Waals surface area contributed by atoms with E-state index in [0.29, 0.717) is 0 Å². The number of nitrogens with two attached hydrogens (primary N) is 1. The molecule has 2 aromatic heterocycles. The van der Waals surface area contributed by atoms with E-state index in [1.165, 1.54) is 0 Å². The minimum Gasteiger partial charge on any atom is -0.459 e. The smallest absolute Gasteiger partial charge is 0.162 e. The molecule has 3 nitrogen and oxygen atoms in total. The van der Waals surface area contributed by atoms with E-state index in [1.807, 2.05) is 37.3 Å². The van der Waals surface area contributed by atoms with Gasteiger partial charge in [0.05, 0.1) is 10.2 Å². The second kappa shape index (κ2) is 3.35. The zero-order valence-electron chi connectivity index (χ0n) is 8.73. The summed E-state index contributed by atoms with van der Waals surface area (Å²) in [7, 11) is 0. The average Bonchev–Trinajstić information content (AvgIpc) is 2.83. The standard InChI is InChI=1S/C12H10N2OS/c1-7-2-5-10(15-7)12-14-9-4-3-8(13)6-11(9)16-12/h2-6H,13H2,1H3. The van der Waals surface area contributed by atoms with Gasteiger partial charge in [-0.1, -0.05) is 0 Å². The summed E-state index contributed by atoms with van der Waals surface area (Å²) in [6, 6.07) is 9.61. The number of rotatable bonds is 1. The summed E-state index contributed by atoms with van der Waals surface area (Å²) in [6.45, 7) is 1.93. The van der Waals surface area contributed by atoms with Gasteiger partial charge in [-0.05, 0) is 37.3 Å². The number of nitrogen functional groups attached to an aromatic ring is 1. The first-order chi connectivity index (χ1) is 7.72. The molecule has 16 heavy (non-hydrogen) atoms. The van der Waals surface area contributed by atoms with Gasteiger partial charge in [-0.25, -0.2) is 4.98 Å². The molecule has 0 radical (unpaired) electrons. The minimum atomic E-state index is 0.762. The Labute approximate surface area is 96.5 Å². The lowest BCUT2D eigenvalue weighted by molar-refractivity contribution is 0.548. The maximum absolute atomic E-state index is 5.73. The van der Waals surface area contributed by atoms with Crippen molar-refractivity contribution in [3.05, 3.63) is 36.1 Å². The molecule has 0 atom stereocenters. The minimum absolute atomic E-state index is 0.762. The van der Waals surface area contributed by atoms with Crippen LogP contribution in [0.1, 0.15) is 5.76 Å². The first-order valence-electron chi connectivity index (χ1n) is 4.95. The van der Waals surface area contributed by atoms with Crippen LogP contribution in [-0.2, 0) is 0 Å². The zero-order chi connectivity index (χ0) is 11.1. The summed E-state index contributed by atoms with van der Waals surface area (Å²) in [4.78, 5) is 4.51. The second-order valence-electron chi connectivity index (χ2n) is 3.66. The number of nitrogens with zero attached hydrogens (tertiary/aromatic N) is 1. The maximum atomic E-state index is 5.73. The van der Waals surface area contributed by atoms with Crippen molar-refractivity contribution in [2.45, 2.75) is 6.92 Å². The number of hydrogen-bond donors (Lipinski definition) is 1. The Bertz CT molecular complexity index is 654. The van der Waals surface area contributed by atoms with E-state index >= 15 is 0 Å². The van der Waals surface area contributed by atoms with E-state index in [2.05, 4.69) is 4.98 Å². The molecule has 0 aliphatic carbocycles. The first-order valence-corrected chi connectivity index (χ1v) is 5.77. The van der Waals surface area contributed by atoms with Crippen molar-refractivity contribution in [3.8, 4) is 10.8 Å². The molecule has 0 fully saturated rings. The lowest BCUT2D eigenvalue weighted by atomic mass is 10.3. The van der Waals surface area contributed by atoms with Crippen LogP contribution in [0.25, 0.3) is 21.0 Å². The fourth-order valence-electron chi connectivity index (χ4n) is 1.60. The van der Waals surface area contributed by atoms with Gasteiger partial charge in [0.1, 0.15) is 5.76 Å². The van der Waals surface area contributed by atoms with Gasteiger partial charge < -0.3 is 10.2 Å². The molecule has 0 aliphatic rings. The van der Waals surface area contributed by atoms with Crippen LogP contribution in [0.2, 0.25) is 0 Å². The van der Waals surface area contributed by atoms with Crippen LogP contribution in [0.4, 0.5) is 5.69 Å². The molecule has 0 amide bonds. The number of furan rings is 1. The number of benzene rings is 1. The number of anilines is 1. The van der Waals surface area contributed by atoms with Gasteiger partial charge in [-0.15, -0.1) is 11.3 Å². The van der Waals surface area contributed by atoms with Gasteiger partial charge in [-0.2, -0.15) is 0 Å². The molecule has 2 N–H and O–H groups in total. The Morgan fingerprint density at radius 2 is 2.12 bits per heavy atom. The van der Waals surface area contributed by atoms with E-state index < -0.39 is 0 Å². The first kappa shape index (κ1) is 9.42. The number of aryl methyl sites for hydroxylation is 1. The largest absolute Gasteiger partial charge is 0.459 e. The molecule has 0 saturated heterocycles. The lowest BCUT2D eigenvalue weighted by Crippen LogP contribution is -1.81. The highest BCUT2D eigenvalue weighted by Gasteiger charge is 2.09. The van der Waals surface area contributed by atoms with Crippen molar-refractivity contribution in [2.75, 3.05) is 5.73 Å². The molecule has 0 bridgehead atoms. The molecule has 1 aromatic carbocycles. The zero-order valence-corrected chi connectivity index (χ0v) is 9.54. The van der Waals surface area contributed by atoms with Gasteiger partial charge in [0, 0.05) is 5.69 Å². The average molecular weight is 230 g/mol. The predicted octanol–water partition coefficient (Wildman–Crippen LogP) is 3.45. The summed E-state index contributed by atoms with van der Waals surface area (Å²) in [5, 5.41) is 0.897. The van der Waals surface area contributed by atoms with Crippen LogP contribution >= 0.6 is 11.3 Å². The fourth-order valence-corrected chi connectivity index (χ4v) is 2.57. The third kappa shape index (κ3) is 1.47. The Balaban J connectivity index is 2.18. The highest BCUT2D eigenvalue weighted by atomic mass is 32.1. The Morgan fingerprint density at radius 3 is 2.88 bits per heavy atom. The molecule has 4 heteroatoms. The van der Waals surface area contributed by atoms with Gasteiger partial charge in [0.25, 0.3) is 0 Å². The fraction of sp³-hybridized carbons (Fsp3) is 0.0833. The number of aromatic nitrogens is 1. The molecular weight excluding hydrogens is 220 g/mol. The van der Waals surface area contributed by atoms with E-state index in [0.717, 1.165) is 32.4 Å². The van der Waals surface area contributed by atoms with E-state index in [1.54, 1.807) is 11.3 Å². The number of thiazole rings is 1. The molecule has 3 aromatic rings. The third-order valence-corrected chi connectivity index (χ3v) is 3.40. The Hall–Kier alpha value is -1.81. The van der Waals surface area contributed by atoms with Gasteiger partial charge in [0.15, 0.2) is 10.8 Å². The number of hydrogen-bond acceptors (Lipinski definition) is 4. The summed E-state index contributed by atoms with van der Waals surface area (Å²) in [6.07, 6.45) is 0. The molecular formula is C12H10N2OS. The molecule has 0 unspecified atom stereocenters. The van der Waals surface area contributed by atoms with Crippen molar-refractivity contribution < 1.29 is 4.42 Å². The monoisotopic (exact) mass is 230 g/mol. The van der Waals surface area contributed by atoms with Crippen molar-refractivity contribution in [2.24, 2.45) is 0 Å². The van der Waals surface area contributed by atoms with Crippen LogP contribution in [0, 0.1) is 6.92 Å². The van der Waals surface area contributed by atoms with E-state index in [4.69, 9.17) is 10.2 Å². The molecule has 3 rings (SSSR count). The normalized spacial score (nSPS) is 11.1. The SMILES string of the molecule is Cc1ccc(-c2nc3ccc(N)cc3s2)o1. The highest BCUT2D eigenvalue weighted by molar-refractivity contribution is 7.21. The van der Waals surface area contributed by atoms with Crippen molar-refractivity contribution >= 4 is 27.2 Å². The number of fused-ring (bicyclic) bond motifs is 1. The Kier molecular flexibility index (Phi) is 1.97. The molecule has 0 spiro atoms. The van der Waals surface area contributed by atoms with Crippen LogP contribution in [-0.4, -0.2) is 4.98 Å². The van der Waals surface area contributed by atoms with E-state index in [9.17, 15) is 0 Å². The highest BCUT2D eigenvalue weighted by Crippen LogP contribution is 2.31. The second-order valence-corrected chi connectivity index (χ2v) is 4.69. The van der Waals surface area contributed by atoms with Crippen LogP contribution in [0.3, 0.4) is 0 Å². The summed E-state index contributed by atoms with van der Waals surface area (Å²) in [5.41, 5.74) is 7.46. The van der Waals surface area contributed by atoms with E-state index in [-0.39, 0.29) is 0 Å². The van der Waals surface area contributed by atoms with Crippen LogP contribution < -0.4 is 5.73 Å². The van der Waals surface area contributed by atoms with Gasteiger partial charge in [-0.3, -0.25) is 0 Å².